The van der Waals surface area contributed by atoms with Crippen LogP contribution in [0.1, 0.15) is 23.4 Å². The van der Waals surface area contributed by atoms with Crippen LogP contribution < -0.4 is 0 Å². The fraction of sp³-hybridized carbons (Fsp3) is 0.692. The molecule has 106 valence electrons. The molecule has 0 spiro atoms. The summed E-state index contributed by atoms with van der Waals surface area (Å²) in [6.45, 7) is 5.46. The topological polar surface area (TPSA) is 66.6 Å². The molecule has 1 aliphatic rings. The van der Waals surface area contributed by atoms with Gasteiger partial charge in [-0.15, -0.1) is 11.8 Å². The molecule has 1 aromatic rings. The van der Waals surface area contributed by atoms with Gasteiger partial charge in [-0.25, -0.2) is 0 Å². The zero-order chi connectivity index (χ0) is 13.8. The van der Waals surface area contributed by atoms with Crippen molar-refractivity contribution in [1.29, 1.82) is 0 Å². The summed E-state index contributed by atoms with van der Waals surface area (Å²) < 4.78 is 5.09. The Bertz CT molecular complexity index is 428. The zero-order valence-corrected chi connectivity index (χ0v) is 12.2. The number of aliphatic hydroxyl groups excluding tert-OH is 1. The van der Waals surface area contributed by atoms with Crippen molar-refractivity contribution in [2.24, 2.45) is 5.92 Å². The van der Waals surface area contributed by atoms with Crippen molar-refractivity contribution in [2.45, 2.75) is 26.0 Å². The highest BCUT2D eigenvalue weighted by Crippen LogP contribution is 2.21. The lowest BCUT2D eigenvalue weighted by Crippen LogP contribution is -2.30. The molecule has 19 heavy (non-hydrogen) atoms. The first kappa shape index (κ1) is 14.4. The van der Waals surface area contributed by atoms with E-state index in [0.717, 1.165) is 35.7 Å². The van der Waals surface area contributed by atoms with E-state index >= 15 is 0 Å². The summed E-state index contributed by atoms with van der Waals surface area (Å²) in [4.78, 5) is 13.8. The Labute approximate surface area is 117 Å². The lowest BCUT2D eigenvalue weighted by atomic mass is 10.1. The standard InChI is InChI=1S/C13H20N2O3S/c1-9-12(10(2)18-14-9)7-19-8-13(17)15-4-3-11(5-15)6-16/h11,16H,3-8H2,1-2H3. The van der Waals surface area contributed by atoms with E-state index in [1.807, 2.05) is 18.7 Å². The number of rotatable bonds is 5. The van der Waals surface area contributed by atoms with Crippen LogP contribution in [-0.4, -0.2) is 46.5 Å². The van der Waals surface area contributed by atoms with E-state index < -0.39 is 0 Å². The molecule has 0 aliphatic carbocycles. The van der Waals surface area contributed by atoms with Crippen LogP contribution in [0.25, 0.3) is 0 Å². The number of nitrogens with zero attached hydrogens (tertiary/aromatic N) is 2. The Kier molecular flexibility index (Phi) is 4.87. The van der Waals surface area contributed by atoms with Crippen molar-refractivity contribution >= 4 is 17.7 Å². The molecule has 2 rings (SSSR count). The van der Waals surface area contributed by atoms with Gasteiger partial charge in [-0.2, -0.15) is 0 Å². The number of carbonyl (C=O) groups excluding carboxylic acids is 1. The number of hydrogen-bond donors (Lipinski definition) is 1. The van der Waals surface area contributed by atoms with E-state index in [2.05, 4.69) is 5.16 Å². The lowest BCUT2D eigenvalue weighted by Gasteiger charge is -2.15. The van der Waals surface area contributed by atoms with Crippen LogP contribution in [0.3, 0.4) is 0 Å². The molecule has 0 aromatic carbocycles. The largest absolute Gasteiger partial charge is 0.396 e. The molecule has 1 fully saturated rings. The zero-order valence-electron chi connectivity index (χ0n) is 11.4. The Morgan fingerprint density at radius 1 is 1.58 bits per heavy atom. The Morgan fingerprint density at radius 2 is 2.37 bits per heavy atom. The molecule has 1 aliphatic heterocycles. The van der Waals surface area contributed by atoms with Crippen molar-refractivity contribution in [3.8, 4) is 0 Å². The van der Waals surface area contributed by atoms with Gasteiger partial charge in [0, 0.05) is 36.9 Å². The molecule has 1 amide bonds. The average molecular weight is 284 g/mol. The highest BCUT2D eigenvalue weighted by Gasteiger charge is 2.25. The van der Waals surface area contributed by atoms with Gasteiger partial charge in [-0.1, -0.05) is 5.16 Å². The summed E-state index contributed by atoms with van der Waals surface area (Å²) in [6, 6.07) is 0. The summed E-state index contributed by atoms with van der Waals surface area (Å²) >= 11 is 1.59. The van der Waals surface area contributed by atoms with Crippen molar-refractivity contribution in [3.63, 3.8) is 0 Å². The first-order chi connectivity index (χ1) is 9.11. The quantitative estimate of drug-likeness (QED) is 0.884. The normalized spacial score (nSPS) is 19.1. The minimum Gasteiger partial charge on any atom is -0.396 e. The van der Waals surface area contributed by atoms with E-state index in [4.69, 9.17) is 9.63 Å². The highest BCUT2D eigenvalue weighted by molar-refractivity contribution is 7.99. The molecule has 5 nitrogen and oxygen atoms in total. The van der Waals surface area contributed by atoms with E-state index in [1.165, 1.54) is 0 Å². The second-order valence-corrected chi connectivity index (χ2v) is 5.96. The molecule has 1 saturated heterocycles. The number of aryl methyl sites for hydroxylation is 2. The molecule has 0 radical (unpaired) electrons. The van der Waals surface area contributed by atoms with Crippen LogP contribution in [0.15, 0.2) is 4.52 Å². The highest BCUT2D eigenvalue weighted by atomic mass is 32.2. The van der Waals surface area contributed by atoms with Gasteiger partial charge in [-0.05, 0) is 20.3 Å². The van der Waals surface area contributed by atoms with Crippen LogP contribution in [-0.2, 0) is 10.5 Å². The maximum absolute atomic E-state index is 12.0. The third-order valence-electron chi connectivity index (χ3n) is 3.55. The van der Waals surface area contributed by atoms with Gasteiger partial charge in [0.25, 0.3) is 0 Å². The van der Waals surface area contributed by atoms with Crippen LogP contribution >= 0.6 is 11.8 Å². The van der Waals surface area contributed by atoms with Gasteiger partial charge in [0.15, 0.2) is 0 Å². The number of likely N-dealkylation sites (tertiary alicyclic amines) is 1. The molecule has 1 unspecified atom stereocenters. The first-order valence-electron chi connectivity index (χ1n) is 6.50. The van der Waals surface area contributed by atoms with Crippen molar-refractivity contribution in [1.82, 2.24) is 10.1 Å². The molecule has 2 heterocycles. The number of thioether (sulfide) groups is 1. The number of hydrogen-bond acceptors (Lipinski definition) is 5. The lowest BCUT2D eigenvalue weighted by molar-refractivity contribution is -0.127. The fourth-order valence-electron chi connectivity index (χ4n) is 2.25. The number of carbonyl (C=O) groups is 1. The monoisotopic (exact) mass is 284 g/mol. The van der Waals surface area contributed by atoms with Gasteiger partial charge < -0.3 is 14.5 Å². The van der Waals surface area contributed by atoms with Crippen LogP contribution in [0.5, 0.6) is 0 Å². The van der Waals surface area contributed by atoms with E-state index in [-0.39, 0.29) is 18.4 Å². The average Bonchev–Trinajstić information content (AvgIpc) is 2.99. The third kappa shape index (κ3) is 3.51. The molecule has 6 heteroatoms. The summed E-state index contributed by atoms with van der Waals surface area (Å²) in [5, 5.41) is 13.0. The molecule has 0 bridgehead atoms. The van der Waals surface area contributed by atoms with Gasteiger partial charge in [0.05, 0.1) is 11.4 Å². The number of amides is 1. The maximum atomic E-state index is 12.0. The molecule has 1 N–H and O–H groups in total. The van der Waals surface area contributed by atoms with E-state index in [0.29, 0.717) is 12.3 Å². The predicted octanol–water partition coefficient (Wildman–Crippen LogP) is 1.37. The fourth-order valence-corrected chi connectivity index (χ4v) is 3.32. The van der Waals surface area contributed by atoms with Gasteiger partial charge in [0.1, 0.15) is 5.76 Å². The Hall–Kier alpha value is -1.01. The third-order valence-corrected chi connectivity index (χ3v) is 4.49. The van der Waals surface area contributed by atoms with Crippen LogP contribution in [0, 0.1) is 19.8 Å². The molecular weight excluding hydrogens is 264 g/mol. The molecule has 1 aromatic heterocycles. The molecule has 1 atom stereocenters. The molecular formula is C13H20N2O3S. The smallest absolute Gasteiger partial charge is 0.232 e. The minimum atomic E-state index is 0.160. The molecule has 0 saturated carbocycles. The summed E-state index contributed by atoms with van der Waals surface area (Å²) in [7, 11) is 0. The second kappa shape index (κ2) is 6.43. The summed E-state index contributed by atoms with van der Waals surface area (Å²) in [6.07, 6.45) is 0.913. The van der Waals surface area contributed by atoms with E-state index in [9.17, 15) is 4.79 Å². The van der Waals surface area contributed by atoms with Gasteiger partial charge in [0.2, 0.25) is 5.91 Å². The Balaban J connectivity index is 1.76. The first-order valence-corrected chi connectivity index (χ1v) is 7.65. The number of aliphatic hydroxyl groups is 1. The minimum absolute atomic E-state index is 0.160. The van der Waals surface area contributed by atoms with Crippen LogP contribution in [0.4, 0.5) is 0 Å². The van der Waals surface area contributed by atoms with Crippen LogP contribution in [0.2, 0.25) is 0 Å². The summed E-state index contributed by atoms with van der Waals surface area (Å²) in [5.74, 6) is 2.48. The summed E-state index contributed by atoms with van der Waals surface area (Å²) in [5.41, 5.74) is 1.99. The SMILES string of the molecule is Cc1noc(C)c1CSCC(=O)N1CCC(CO)C1. The van der Waals surface area contributed by atoms with Gasteiger partial charge in [-0.3, -0.25) is 4.79 Å². The number of aromatic nitrogens is 1. The Morgan fingerprint density at radius 3 is 2.95 bits per heavy atom. The second-order valence-electron chi connectivity index (χ2n) is 4.97. The van der Waals surface area contributed by atoms with Crippen molar-refractivity contribution in [2.75, 3.05) is 25.4 Å². The van der Waals surface area contributed by atoms with E-state index in [1.54, 1.807) is 11.8 Å². The maximum Gasteiger partial charge on any atom is 0.232 e. The predicted molar refractivity (Wildman–Crippen MR) is 73.9 cm³/mol. The van der Waals surface area contributed by atoms with Crippen molar-refractivity contribution in [3.05, 3.63) is 17.0 Å². The van der Waals surface area contributed by atoms with Crippen molar-refractivity contribution < 1.29 is 14.4 Å². The van der Waals surface area contributed by atoms with Gasteiger partial charge >= 0.3 is 0 Å².